The van der Waals surface area contributed by atoms with Crippen molar-refractivity contribution in [3.63, 3.8) is 0 Å². The molecule has 2 N–H and O–H groups in total. The Hall–Kier alpha value is -4.37. The van der Waals surface area contributed by atoms with Crippen LogP contribution < -0.4 is 10.1 Å². The molecule has 5 aromatic rings. The van der Waals surface area contributed by atoms with Crippen LogP contribution in [0.1, 0.15) is 45.0 Å². The second kappa shape index (κ2) is 9.83. The maximum atomic E-state index is 13.5. The Morgan fingerprint density at radius 2 is 1.92 bits per heavy atom. The minimum Gasteiger partial charge on any atom is -0.497 e. The number of hydrogen-bond acceptors (Lipinski definition) is 6. The molecule has 9 heteroatoms. The van der Waals surface area contributed by atoms with E-state index in [-0.39, 0.29) is 5.91 Å². The quantitative estimate of drug-likeness (QED) is 0.319. The highest BCUT2D eigenvalue weighted by Gasteiger charge is 2.30. The van der Waals surface area contributed by atoms with E-state index in [1.165, 1.54) is 5.56 Å². The lowest BCUT2D eigenvalue weighted by molar-refractivity contribution is 0.0932. The summed E-state index contributed by atoms with van der Waals surface area (Å²) in [5, 5.41) is 12.8. The molecular formula is C29H26N6O2S. The lowest BCUT2D eigenvalue weighted by atomic mass is 9.98. The van der Waals surface area contributed by atoms with E-state index < -0.39 is 6.17 Å². The van der Waals surface area contributed by atoms with E-state index in [1.54, 1.807) is 18.9 Å². The van der Waals surface area contributed by atoms with Gasteiger partial charge in [-0.15, -0.1) is 10.2 Å². The van der Waals surface area contributed by atoms with Crippen molar-refractivity contribution in [2.45, 2.75) is 18.8 Å². The molecule has 0 bridgehead atoms. The number of nitrogens with zero attached hydrogens (tertiary/aromatic N) is 4. The highest BCUT2D eigenvalue weighted by molar-refractivity contribution is 7.97. The first kappa shape index (κ1) is 24.0. The molecule has 8 nitrogen and oxygen atoms in total. The van der Waals surface area contributed by atoms with Crippen molar-refractivity contribution in [1.29, 1.82) is 0 Å². The molecule has 38 heavy (non-hydrogen) atoms. The number of aliphatic imine (C=N–C) groups is 1. The number of fused-ring (bicyclic) bond motifs is 4. The third-order valence-corrected chi connectivity index (χ3v) is 7.23. The van der Waals surface area contributed by atoms with Crippen molar-refractivity contribution in [2.75, 3.05) is 13.4 Å². The van der Waals surface area contributed by atoms with Gasteiger partial charge in [0.25, 0.3) is 5.91 Å². The normalized spacial score (nSPS) is 14.4. The number of rotatable bonds is 6. The molecule has 3 aromatic carbocycles. The van der Waals surface area contributed by atoms with E-state index in [2.05, 4.69) is 45.0 Å². The fraction of sp³-hybridized carbons (Fsp3) is 0.172. The summed E-state index contributed by atoms with van der Waals surface area (Å²) >= 11 is 1.77. The Bertz CT molecular complexity index is 1690. The average molecular weight is 523 g/mol. The maximum Gasteiger partial charge on any atom is 0.269 e. The zero-order valence-electron chi connectivity index (χ0n) is 21.2. The number of benzene rings is 3. The standard InChI is InChI=1S/C29H26N6O2S/c1-17-33-34-28-27(32-29(36)24-14-20-10-11-21(37-2)15-23(20)30-24)31-26(19-7-5-4-6-8-19)22-13-18(16-38-3)9-12-25(22)35(17)28/h4-15,27,30H,16H2,1-3H3,(H,32,36). The molecule has 2 aromatic heterocycles. The van der Waals surface area contributed by atoms with Crippen LogP contribution in [-0.2, 0) is 5.75 Å². The second-order valence-corrected chi connectivity index (χ2v) is 9.95. The van der Waals surface area contributed by atoms with Gasteiger partial charge in [-0.2, -0.15) is 11.8 Å². The van der Waals surface area contributed by atoms with Crippen molar-refractivity contribution >= 4 is 34.3 Å². The minimum atomic E-state index is -0.753. The van der Waals surface area contributed by atoms with E-state index in [0.717, 1.165) is 50.8 Å². The highest BCUT2D eigenvalue weighted by atomic mass is 32.2. The van der Waals surface area contributed by atoms with Crippen LogP contribution in [0.5, 0.6) is 5.75 Å². The van der Waals surface area contributed by atoms with Crippen molar-refractivity contribution in [2.24, 2.45) is 4.99 Å². The number of carbonyl (C=O) groups is 1. The molecule has 1 amide bonds. The number of aryl methyl sites for hydroxylation is 1. The Labute approximate surface area is 224 Å². The van der Waals surface area contributed by atoms with Gasteiger partial charge in [-0.25, -0.2) is 0 Å². The molecule has 0 saturated heterocycles. The third-order valence-electron chi connectivity index (χ3n) is 6.61. The predicted octanol–water partition coefficient (Wildman–Crippen LogP) is 5.21. The van der Waals surface area contributed by atoms with Gasteiger partial charge in [0.15, 0.2) is 12.0 Å². The Balaban J connectivity index is 1.47. The van der Waals surface area contributed by atoms with Gasteiger partial charge in [-0.3, -0.25) is 14.4 Å². The van der Waals surface area contributed by atoms with E-state index in [9.17, 15) is 4.79 Å². The summed E-state index contributed by atoms with van der Waals surface area (Å²) in [5.74, 6) is 2.59. The zero-order chi connectivity index (χ0) is 26.2. The Morgan fingerprint density at radius 3 is 2.71 bits per heavy atom. The molecule has 0 saturated carbocycles. The van der Waals surface area contributed by atoms with Crippen molar-refractivity contribution in [3.8, 4) is 11.4 Å². The number of thioether (sulfide) groups is 1. The van der Waals surface area contributed by atoms with Crippen LogP contribution >= 0.6 is 11.8 Å². The minimum absolute atomic E-state index is 0.289. The summed E-state index contributed by atoms with van der Waals surface area (Å²) in [6.45, 7) is 1.91. The van der Waals surface area contributed by atoms with Crippen LogP contribution in [0.3, 0.4) is 0 Å². The van der Waals surface area contributed by atoms with E-state index in [4.69, 9.17) is 9.73 Å². The molecule has 3 heterocycles. The summed E-state index contributed by atoms with van der Waals surface area (Å²) < 4.78 is 7.30. The molecular weight excluding hydrogens is 496 g/mol. The van der Waals surface area contributed by atoms with Crippen LogP contribution in [0.4, 0.5) is 0 Å². The van der Waals surface area contributed by atoms with Crippen LogP contribution in [0.2, 0.25) is 0 Å². The zero-order valence-corrected chi connectivity index (χ0v) is 22.0. The van der Waals surface area contributed by atoms with Gasteiger partial charge in [-0.1, -0.05) is 36.4 Å². The van der Waals surface area contributed by atoms with Gasteiger partial charge in [0.2, 0.25) is 0 Å². The summed E-state index contributed by atoms with van der Waals surface area (Å²) in [6.07, 6.45) is 1.34. The molecule has 0 aliphatic carbocycles. The van der Waals surface area contributed by atoms with E-state index in [0.29, 0.717) is 11.5 Å². The van der Waals surface area contributed by atoms with Crippen LogP contribution in [-0.4, -0.2) is 44.7 Å². The summed E-state index contributed by atoms with van der Waals surface area (Å²) in [6, 6.07) is 23.9. The van der Waals surface area contributed by atoms with Crippen molar-refractivity contribution in [3.05, 3.63) is 107 Å². The first-order chi connectivity index (χ1) is 18.6. The second-order valence-electron chi connectivity index (χ2n) is 9.08. The molecule has 0 spiro atoms. The molecule has 190 valence electrons. The van der Waals surface area contributed by atoms with Gasteiger partial charge in [0.05, 0.1) is 18.5 Å². The van der Waals surface area contributed by atoms with Crippen LogP contribution in [0.15, 0.2) is 77.8 Å². The smallest absolute Gasteiger partial charge is 0.269 e. The average Bonchev–Trinajstić information content (AvgIpc) is 3.51. The van der Waals surface area contributed by atoms with Crippen LogP contribution in [0, 0.1) is 6.92 Å². The van der Waals surface area contributed by atoms with Gasteiger partial charge in [0.1, 0.15) is 17.3 Å². The topological polar surface area (TPSA) is 97.2 Å². The van der Waals surface area contributed by atoms with E-state index in [1.807, 2.05) is 66.1 Å². The van der Waals surface area contributed by atoms with Crippen molar-refractivity contribution < 1.29 is 9.53 Å². The molecule has 0 fully saturated rings. The molecule has 1 aliphatic rings. The number of ether oxygens (including phenoxy) is 1. The molecule has 1 unspecified atom stereocenters. The first-order valence-corrected chi connectivity index (χ1v) is 13.6. The molecule has 1 atom stereocenters. The fourth-order valence-electron chi connectivity index (χ4n) is 4.81. The van der Waals surface area contributed by atoms with Crippen LogP contribution in [0.25, 0.3) is 16.6 Å². The molecule has 1 aliphatic heterocycles. The lowest BCUT2D eigenvalue weighted by Crippen LogP contribution is -2.29. The van der Waals surface area contributed by atoms with Crippen molar-refractivity contribution in [1.82, 2.24) is 25.1 Å². The Morgan fingerprint density at radius 1 is 1.08 bits per heavy atom. The largest absolute Gasteiger partial charge is 0.497 e. The number of H-pyrrole nitrogens is 1. The number of aromatic nitrogens is 4. The molecule has 6 rings (SSSR count). The first-order valence-electron chi connectivity index (χ1n) is 12.2. The number of methoxy groups -OCH3 is 1. The van der Waals surface area contributed by atoms with E-state index >= 15 is 0 Å². The number of amides is 1. The molecule has 0 radical (unpaired) electrons. The van der Waals surface area contributed by atoms with Gasteiger partial charge in [0, 0.05) is 33.8 Å². The summed E-state index contributed by atoms with van der Waals surface area (Å²) in [5.41, 5.74) is 6.10. The van der Waals surface area contributed by atoms with Gasteiger partial charge in [-0.05, 0) is 49.1 Å². The summed E-state index contributed by atoms with van der Waals surface area (Å²) in [7, 11) is 1.62. The fourth-order valence-corrected chi connectivity index (χ4v) is 5.33. The number of carbonyl (C=O) groups excluding carboxylic acids is 1. The predicted molar refractivity (Wildman–Crippen MR) is 150 cm³/mol. The lowest BCUT2D eigenvalue weighted by Gasteiger charge is -2.14. The number of nitrogens with one attached hydrogen (secondary N) is 2. The van der Waals surface area contributed by atoms with Gasteiger partial charge < -0.3 is 15.0 Å². The monoisotopic (exact) mass is 522 g/mol. The SMILES string of the molecule is COc1ccc2cc(C(=O)NC3N=C(c4ccccc4)c4cc(CSC)ccc4-n4c(C)nnc43)[nH]c2c1. The highest BCUT2D eigenvalue weighted by Crippen LogP contribution is 2.31. The third kappa shape index (κ3) is 4.24. The number of hydrogen-bond donors (Lipinski definition) is 2. The van der Waals surface area contributed by atoms with Gasteiger partial charge >= 0.3 is 0 Å². The summed E-state index contributed by atoms with van der Waals surface area (Å²) in [4.78, 5) is 21.8. The maximum absolute atomic E-state index is 13.5. The number of aromatic amines is 1. The Kier molecular flexibility index (Phi) is 6.21.